The van der Waals surface area contributed by atoms with Gasteiger partial charge in [0, 0.05) is 16.1 Å². The Kier molecular flexibility index (Phi) is 4.52. The van der Waals surface area contributed by atoms with Gasteiger partial charge in [0.1, 0.15) is 0 Å². The SMILES string of the molecule is Cc1cc(Br)ccc1NS(=O)(=O)c1cccc([N+](=O)[O-])c1C. The number of sulfonamides is 1. The van der Waals surface area contributed by atoms with Gasteiger partial charge >= 0.3 is 0 Å². The van der Waals surface area contributed by atoms with E-state index in [0.717, 1.165) is 10.0 Å². The Hall–Kier alpha value is -1.93. The Morgan fingerprint density at radius 2 is 1.86 bits per heavy atom. The minimum absolute atomic E-state index is 0.106. The van der Waals surface area contributed by atoms with Crippen molar-refractivity contribution in [3.63, 3.8) is 0 Å². The molecule has 0 bridgehead atoms. The summed E-state index contributed by atoms with van der Waals surface area (Å²) in [5.74, 6) is 0. The van der Waals surface area contributed by atoms with E-state index in [-0.39, 0.29) is 16.1 Å². The molecule has 8 heteroatoms. The first-order chi connectivity index (χ1) is 10.2. The lowest BCUT2D eigenvalue weighted by Gasteiger charge is -2.12. The zero-order valence-electron chi connectivity index (χ0n) is 11.8. The minimum Gasteiger partial charge on any atom is -0.279 e. The Morgan fingerprint density at radius 3 is 2.45 bits per heavy atom. The summed E-state index contributed by atoms with van der Waals surface area (Å²) in [6.07, 6.45) is 0. The van der Waals surface area contributed by atoms with Crippen molar-refractivity contribution in [1.29, 1.82) is 0 Å². The van der Waals surface area contributed by atoms with Crippen LogP contribution in [0.5, 0.6) is 0 Å². The molecule has 0 unspecified atom stereocenters. The Morgan fingerprint density at radius 1 is 1.18 bits per heavy atom. The molecule has 0 amide bonds. The van der Waals surface area contributed by atoms with Gasteiger partial charge in [0.05, 0.1) is 15.5 Å². The number of benzene rings is 2. The highest BCUT2D eigenvalue weighted by molar-refractivity contribution is 9.10. The van der Waals surface area contributed by atoms with E-state index in [1.807, 2.05) is 0 Å². The van der Waals surface area contributed by atoms with E-state index in [4.69, 9.17) is 0 Å². The highest BCUT2D eigenvalue weighted by Crippen LogP contribution is 2.28. The third kappa shape index (κ3) is 3.28. The summed E-state index contributed by atoms with van der Waals surface area (Å²) in [6, 6.07) is 9.10. The van der Waals surface area contributed by atoms with Gasteiger partial charge in [0.2, 0.25) is 0 Å². The highest BCUT2D eigenvalue weighted by Gasteiger charge is 2.23. The maximum absolute atomic E-state index is 12.5. The second-order valence-electron chi connectivity index (χ2n) is 4.72. The van der Waals surface area contributed by atoms with E-state index in [2.05, 4.69) is 20.7 Å². The zero-order chi connectivity index (χ0) is 16.5. The number of aryl methyl sites for hydroxylation is 1. The molecule has 0 atom stereocenters. The first-order valence-electron chi connectivity index (χ1n) is 6.25. The fourth-order valence-corrected chi connectivity index (χ4v) is 3.90. The van der Waals surface area contributed by atoms with Crippen molar-refractivity contribution in [1.82, 2.24) is 0 Å². The standard InChI is InChI=1S/C14H13BrN2O4S/c1-9-8-11(15)6-7-12(9)16-22(20,21)14-5-3-4-13(10(14)2)17(18)19/h3-8,16H,1-2H3. The lowest BCUT2D eigenvalue weighted by Crippen LogP contribution is -2.15. The first-order valence-corrected chi connectivity index (χ1v) is 8.53. The van der Waals surface area contributed by atoms with Gasteiger partial charge in [0.25, 0.3) is 15.7 Å². The van der Waals surface area contributed by atoms with Gasteiger partial charge < -0.3 is 0 Å². The smallest absolute Gasteiger partial charge is 0.273 e. The third-order valence-electron chi connectivity index (χ3n) is 3.17. The molecule has 2 aromatic rings. The van der Waals surface area contributed by atoms with Gasteiger partial charge in [-0.2, -0.15) is 0 Å². The molecular formula is C14H13BrN2O4S. The van der Waals surface area contributed by atoms with Gasteiger partial charge in [-0.25, -0.2) is 8.42 Å². The lowest BCUT2D eigenvalue weighted by atomic mass is 10.2. The van der Waals surface area contributed by atoms with Gasteiger partial charge in [0.15, 0.2) is 0 Å². The Bertz CT molecular complexity index is 850. The second-order valence-corrected chi connectivity index (χ2v) is 7.29. The molecule has 0 aliphatic heterocycles. The van der Waals surface area contributed by atoms with Gasteiger partial charge in [-0.1, -0.05) is 22.0 Å². The summed E-state index contributed by atoms with van der Waals surface area (Å²) in [4.78, 5) is 10.2. The maximum atomic E-state index is 12.5. The molecular weight excluding hydrogens is 372 g/mol. The number of nitrogens with zero attached hydrogens (tertiary/aromatic N) is 1. The van der Waals surface area contributed by atoms with Crippen molar-refractivity contribution >= 4 is 37.3 Å². The largest absolute Gasteiger partial charge is 0.279 e. The first kappa shape index (κ1) is 16.4. The molecule has 0 saturated carbocycles. The summed E-state index contributed by atoms with van der Waals surface area (Å²) < 4.78 is 28.3. The van der Waals surface area contributed by atoms with Crippen LogP contribution >= 0.6 is 15.9 Å². The maximum Gasteiger partial charge on any atom is 0.273 e. The summed E-state index contributed by atoms with van der Waals surface area (Å²) >= 11 is 3.31. The van der Waals surface area contributed by atoms with E-state index in [1.54, 1.807) is 25.1 Å². The van der Waals surface area contributed by atoms with Crippen LogP contribution in [0, 0.1) is 24.0 Å². The Balaban J connectivity index is 2.47. The molecule has 0 fully saturated rings. The van der Waals surface area contributed by atoms with Crippen LogP contribution in [-0.2, 0) is 10.0 Å². The Labute approximate surface area is 136 Å². The number of nitrogens with one attached hydrogen (secondary N) is 1. The second kappa shape index (κ2) is 6.05. The fourth-order valence-electron chi connectivity index (χ4n) is 2.03. The number of hydrogen-bond acceptors (Lipinski definition) is 4. The van der Waals surface area contributed by atoms with Crippen LogP contribution in [0.1, 0.15) is 11.1 Å². The van der Waals surface area contributed by atoms with Crippen LogP contribution in [-0.4, -0.2) is 13.3 Å². The highest BCUT2D eigenvalue weighted by atomic mass is 79.9. The van der Waals surface area contributed by atoms with Crippen molar-refractivity contribution in [3.8, 4) is 0 Å². The van der Waals surface area contributed by atoms with E-state index in [9.17, 15) is 18.5 Å². The number of rotatable bonds is 4. The molecule has 116 valence electrons. The van der Waals surface area contributed by atoms with Crippen LogP contribution in [0.3, 0.4) is 0 Å². The number of hydrogen-bond donors (Lipinski definition) is 1. The van der Waals surface area contributed by atoms with E-state index in [0.29, 0.717) is 5.69 Å². The van der Waals surface area contributed by atoms with E-state index >= 15 is 0 Å². The molecule has 0 saturated heterocycles. The predicted octanol–water partition coefficient (Wildman–Crippen LogP) is 3.77. The topological polar surface area (TPSA) is 89.3 Å². The minimum atomic E-state index is -3.91. The van der Waals surface area contributed by atoms with E-state index in [1.165, 1.54) is 25.1 Å². The van der Waals surface area contributed by atoms with Crippen molar-refractivity contribution in [3.05, 3.63) is 62.1 Å². The van der Waals surface area contributed by atoms with Crippen LogP contribution in [0.15, 0.2) is 45.8 Å². The van der Waals surface area contributed by atoms with Gasteiger partial charge in [-0.3, -0.25) is 14.8 Å². The van der Waals surface area contributed by atoms with Crippen LogP contribution in [0.4, 0.5) is 11.4 Å². The lowest BCUT2D eigenvalue weighted by molar-refractivity contribution is -0.385. The molecule has 0 heterocycles. The third-order valence-corrected chi connectivity index (χ3v) is 5.18. The van der Waals surface area contributed by atoms with Crippen molar-refractivity contribution in [2.45, 2.75) is 18.7 Å². The molecule has 2 rings (SSSR count). The fraction of sp³-hybridized carbons (Fsp3) is 0.143. The van der Waals surface area contributed by atoms with Gasteiger partial charge in [-0.05, 0) is 43.7 Å². The van der Waals surface area contributed by atoms with E-state index < -0.39 is 14.9 Å². The number of anilines is 1. The number of nitro benzene ring substituents is 1. The molecule has 0 spiro atoms. The quantitative estimate of drug-likeness (QED) is 0.641. The molecule has 6 nitrogen and oxygen atoms in total. The average molecular weight is 385 g/mol. The predicted molar refractivity (Wildman–Crippen MR) is 87.5 cm³/mol. The summed E-state index contributed by atoms with van der Waals surface area (Å²) in [6.45, 7) is 3.18. The monoisotopic (exact) mass is 384 g/mol. The normalized spacial score (nSPS) is 11.2. The molecule has 2 aromatic carbocycles. The number of nitro groups is 1. The number of halogens is 1. The van der Waals surface area contributed by atoms with Crippen LogP contribution in [0.25, 0.3) is 0 Å². The summed E-state index contributed by atoms with van der Waals surface area (Å²) in [5, 5.41) is 10.9. The molecule has 22 heavy (non-hydrogen) atoms. The van der Waals surface area contributed by atoms with Crippen LogP contribution < -0.4 is 4.72 Å². The van der Waals surface area contributed by atoms with Crippen molar-refractivity contribution < 1.29 is 13.3 Å². The molecule has 1 N–H and O–H groups in total. The molecule has 0 radical (unpaired) electrons. The molecule has 0 aliphatic rings. The average Bonchev–Trinajstić information content (AvgIpc) is 2.41. The zero-order valence-corrected chi connectivity index (χ0v) is 14.2. The summed E-state index contributed by atoms with van der Waals surface area (Å²) in [5.41, 5.74) is 1.04. The van der Waals surface area contributed by atoms with Crippen molar-refractivity contribution in [2.24, 2.45) is 0 Å². The van der Waals surface area contributed by atoms with Crippen LogP contribution in [0.2, 0.25) is 0 Å². The molecule has 0 aromatic heterocycles. The van der Waals surface area contributed by atoms with Crippen molar-refractivity contribution in [2.75, 3.05) is 4.72 Å². The molecule has 0 aliphatic carbocycles. The van der Waals surface area contributed by atoms with Gasteiger partial charge in [-0.15, -0.1) is 0 Å². The summed E-state index contributed by atoms with van der Waals surface area (Å²) in [7, 11) is -3.91.